The molecule has 0 saturated heterocycles. The smallest absolute Gasteiger partial charge is 0 e. The van der Waals surface area contributed by atoms with Gasteiger partial charge in [-0.05, 0) is 0 Å². The van der Waals surface area contributed by atoms with Gasteiger partial charge in [-0.1, -0.05) is 0 Å². The van der Waals surface area contributed by atoms with Crippen LogP contribution in [-0.4, -0.2) is 27.3 Å². The second kappa shape index (κ2) is 20.2. The van der Waals surface area contributed by atoms with Crippen molar-refractivity contribution in [1.82, 2.24) is 0 Å². The molecule has 0 aromatic carbocycles. The van der Waals surface area contributed by atoms with Crippen LogP contribution in [0.2, 0.25) is 0 Å². The maximum Gasteiger partial charge on any atom is 0 e. The summed E-state index contributed by atoms with van der Waals surface area (Å²) in [5.74, 6) is 0. The maximum atomic E-state index is 8.38. The Morgan fingerprint density at radius 3 is 1.25 bits per heavy atom. The Labute approximate surface area is 67.8 Å². The summed E-state index contributed by atoms with van der Waals surface area (Å²) in [6.45, 7) is 0. The van der Waals surface area contributed by atoms with Crippen LogP contribution in [0, 0.1) is 0 Å². The van der Waals surface area contributed by atoms with E-state index in [1.165, 1.54) is 0 Å². The van der Waals surface area contributed by atoms with E-state index in [4.69, 9.17) is 3.57 Å². The van der Waals surface area contributed by atoms with Crippen LogP contribution in [-0.2, 0) is 41.3 Å². The summed E-state index contributed by atoms with van der Waals surface area (Å²) in [4.78, 5) is 0. The van der Waals surface area contributed by atoms with Crippen LogP contribution >= 0.6 is 0 Å². The molecule has 0 atom stereocenters. The average Bonchev–Trinajstić information content (AvgIpc) is 1.00. The van der Waals surface area contributed by atoms with Gasteiger partial charge < -0.3 is 0 Å². The van der Waals surface area contributed by atoms with Crippen molar-refractivity contribution in [3.63, 3.8) is 0 Å². The van der Waals surface area contributed by atoms with Gasteiger partial charge in [0.25, 0.3) is 0 Å². The molecule has 0 spiro atoms. The Balaban J connectivity index is -0.00000000500. The van der Waals surface area contributed by atoms with Gasteiger partial charge in [-0.15, -0.1) is 0 Å². The van der Waals surface area contributed by atoms with Crippen molar-refractivity contribution < 1.29 is 41.3 Å². The van der Waals surface area contributed by atoms with Crippen LogP contribution in [0.15, 0.2) is 0 Å². The predicted octanol–water partition coefficient (Wildman–Crippen LogP) is -1.04. The Morgan fingerprint density at radius 2 is 1.25 bits per heavy atom. The van der Waals surface area contributed by atoms with Gasteiger partial charge in [0.1, 0.15) is 0 Å². The number of hydrogen-bond acceptors (Lipinski definition) is 1. The molecule has 0 heterocycles. The van der Waals surface area contributed by atoms with E-state index in [0.717, 1.165) is 0 Å². The summed E-state index contributed by atoms with van der Waals surface area (Å²) < 4.78 is 8.38. The molecule has 0 aliphatic carbocycles. The van der Waals surface area contributed by atoms with Gasteiger partial charge in [0.05, 0.1) is 0 Å². The monoisotopic (exact) mass is 354 g/mol. The summed E-state index contributed by atoms with van der Waals surface area (Å²) in [5.41, 5.74) is 0. The molecule has 4 heavy (non-hydrogen) atoms. The Hall–Kier alpha value is 1.97. The van der Waals surface area contributed by atoms with Crippen molar-refractivity contribution in [2.75, 3.05) is 0 Å². The summed E-state index contributed by atoms with van der Waals surface area (Å²) in [6.07, 6.45) is 0. The van der Waals surface area contributed by atoms with E-state index in [1.807, 2.05) is 0 Å². The van der Waals surface area contributed by atoms with Crippen LogP contribution in [0.1, 0.15) is 0 Å². The molecule has 0 unspecified atom stereocenters. The summed E-state index contributed by atoms with van der Waals surface area (Å²) in [5, 5.41) is 0. The van der Waals surface area contributed by atoms with Crippen LogP contribution < -0.4 is 0 Å². The molecular formula is H2OPbZn2. The minimum atomic E-state index is 0. The molecule has 0 rings (SSSR count). The molecule has 0 aliphatic rings. The molecule has 16 valence electrons. The fourth-order valence-corrected chi connectivity index (χ4v) is 0. The molecule has 2 radical (unpaired) electrons. The molecule has 0 N–H and O–H groups in total. The molecule has 1 nitrogen and oxygen atoms in total. The first-order valence-electron chi connectivity index (χ1n) is 0.289. The van der Waals surface area contributed by atoms with Crippen LogP contribution in [0.25, 0.3) is 0 Å². The predicted molar refractivity (Wildman–Crippen MR) is 9.23 cm³/mol. The fourth-order valence-electron chi connectivity index (χ4n) is 0. The van der Waals surface area contributed by atoms with Gasteiger partial charge in [0.15, 0.2) is 0 Å². The molecule has 0 aromatic heterocycles. The van der Waals surface area contributed by atoms with Gasteiger partial charge in [-0.25, -0.2) is 0 Å². The van der Waals surface area contributed by atoms with Crippen molar-refractivity contribution >= 4 is 27.3 Å². The van der Waals surface area contributed by atoms with E-state index >= 15 is 0 Å². The summed E-state index contributed by atoms with van der Waals surface area (Å²) in [6, 6.07) is 0. The third kappa shape index (κ3) is 9.02. The quantitative estimate of drug-likeness (QED) is 0.507. The fraction of sp³-hybridized carbons (Fsp3) is 0. The van der Waals surface area contributed by atoms with Gasteiger partial charge >= 0.3 is 49.1 Å². The van der Waals surface area contributed by atoms with Crippen molar-refractivity contribution in [3.05, 3.63) is 0 Å². The molecule has 0 aliphatic heterocycles. The van der Waals surface area contributed by atoms with Crippen molar-refractivity contribution in [2.45, 2.75) is 0 Å². The standard InChI is InChI=1S/O.Pb.2Zn.2H. The second-order valence-electron chi connectivity index (χ2n) is 0. The minimum absolute atomic E-state index is 0. The third-order valence-corrected chi connectivity index (χ3v) is 0. The zero-order valence-corrected chi connectivity index (χ0v) is 14.0. The molecule has 0 fully saturated rings. The number of hydrogen-bond donors (Lipinski definition) is 0. The van der Waals surface area contributed by atoms with Gasteiger partial charge in [0.2, 0.25) is 0 Å². The topological polar surface area (TPSA) is 17.1 Å². The van der Waals surface area contributed by atoms with Crippen molar-refractivity contribution in [1.29, 1.82) is 0 Å². The van der Waals surface area contributed by atoms with Crippen LogP contribution in [0.3, 0.4) is 0 Å². The van der Waals surface area contributed by atoms with Crippen LogP contribution in [0.4, 0.5) is 0 Å². The normalized spacial score (nSPS) is 1.50. The largest absolute Gasteiger partial charge is 0 e. The number of rotatable bonds is 0. The van der Waals surface area contributed by atoms with E-state index in [-0.39, 0.29) is 65.0 Å². The van der Waals surface area contributed by atoms with E-state index in [9.17, 15) is 0 Å². The third-order valence-electron chi connectivity index (χ3n) is 0. The first-order chi connectivity index (χ1) is 1.00. The SMILES string of the molecule is [O]=[Zn].[PbH2].[Zn]. The van der Waals surface area contributed by atoms with Crippen molar-refractivity contribution in [2.24, 2.45) is 0 Å². The zero-order valence-electron chi connectivity index (χ0n) is 2.53. The van der Waals surface area contributed by atoms with Crippen molar-refractivity contribution in [3.8, 4) is 0 Å². The molecule has 0 amide bonds. The zero-order chi connectivity index (χ0) is 2.00. The molecule has 0 saturated carbocycles. The van der Waals surface area contributed by atoms with E-state index in [2.05, 4.69) is 0 Å². The minimum Gasteiger partial charge on any atom is 0 e. The Morgan fingerprint density at radius 1 is 1.25 bits per heavy atom. The van der Waals surface area contributed by atoms with E-state index in [1.54, 1.807) is 0 Å². The van der Waals surface area contributed by atoms with Crippen LogP contribution in [0.5, 0.6) is 0 Å². The van der Waals surface area contributed by atoms with E-state index < -0.39 is 0 Å². The van der Waals surface area contributed by atoms with Gasteiger partial charge in [0, 0.05) is 19.5 Å². The first kappa shape index (κ1) is 16.7. The van der Waals surface area contributed by atoms with Gasteiger partial charge in [-0.2, -0.15) is 0 Å². The molecule has 4 heteroatoms. The van der Waals surface area contributed by atoms with E-state index in [0.29, 0.717) is 0 Å². The Bertz CT molecular complexity index is 6.00. The maximum absolute atomic E-state index is 8.38. The molecular weight excluding hydrogens is 354 g/mol. The molecule has 0 aromatic rings. The second-order valence-corrected chi connectivity index (χ2v) is 0. The molecule has 0 bridgehead atoms. The summed E-state index contributed by atoms with van der Waals surface area (Å²) in [7, 11) is 0. The average molecular weight is 356 g/mol. The first-order valence-corrected chi connectivity index (χ1v) is 1.50. The summed E-state index contributed by atoms with van der Waals surface area (Å²) >= 11 is 0.125. The Kier molecular flexibility index (Phi) is 84.4. The van der Waals surface area contributed by atoms with Gasteiger partial charge in [-0.3, -0.25) is 0 Å².